The maximum Gasteiger partial charge on any atom is 0.357 e. The van der Waals surface area contributed by atoms with Crippen molar-refractivity contribution in [2.45, 2.75) is 82.7 Å². The van der Waals surface area contributed by atoms with Gasteiger partial charge in [-0.15, -0.1) is 11.3 Å². The molecule has 33 heavy (non-hydrogen) atoms. The summed E-state index contributed by atoms with van der Waals surface area (Å²) in [6, 6.07) is -1.96. The predicted molar refractivity (Wildman–Crippen MR) is 123 cm³/mol. The second kappa shape index (κ2) is 10.6. The van der Waals surface area contributed by atoms with Gasteiger partial charge in [0, 0.05) is 5.38 Å². The monoisotopic (exact) mass is 476 g/mol. The number of thiazole rings is 1. The van der Waals surface area contributed by atoms with Crippen LogP contribution in [0.15, 0.2) is 5.38 Å². The molecule has 2 atom stereocenters. The highest BCUT2D eigenvalue weighted by atomic mass is 32.1. The number of hydrogen-bond acceptors (Lipinski definition) is 7. The van der Waals surface area contributed by atoms with E-state index in [-0.39, 0.29) is 22.7 Å². The smallest absolute Gasteiger partial charge is 0.357 e. The van der Waals surface area contributed by atoms with Crippen molar-refractivity contribution in [1.82, 2.24) is 15.2 Å². The number of carbonyl (C=O) groups is 4. The van der Waals surface area contributed by atoms with Crippen molar-refractivity contribution < 1.29 is 23.9 Å². The molecule has 2 N–H and O–H groups in total. The third kappa shape index (κ3) is 5.54. The van der Waals surface area contributed by atoms with Gasteiger partial charge in [-0.2, -0.15) is 0 Å². The molecular weight excluding hydrogens is 444 g/mol. The molecule has 10 heteroatoms. The van der Waals surface area contributed by atoms with Crippen LogP contribution in [0.25, 0.3) is 0 Å². The third-order valence-corrected chi connectivity index (χ3v) is 7.88. The molecule has 2 heterocycles. The Balaban J connectivity index is 1.50. The number of urea groups is 1. The molecule has 0 radical (unpaired) electrons. The molecule has 9 nitrogen and oxygen atoms in total. The summed E-state index contributed by atoms with van der Waals surface area (Å²) in [4.78, 5) is 56.4. The van der Waals surface area contributed by atoms with E-state index in [2.05, 4.69) is 20.4 Å². The lowest BCUT2D eigenvalue weighted by Crippen LogP contribution is -2.49. The largest absolute Gasteiger partial charge is 0.464 e. The van der Waals surface area contributed by atoms with Gasteiger partial charge in [-0.25, -0.2) is 19.5 Å². The Bertz CT molecular complexity index is 891. The van der Waals surface area contributed by atoms with Crippen molar-refractivity contribution in [3.63, 3.8) is 0 Å². The van der Waals surface area contributed by atoms with Gasteiger partial charge in [0.05, 0.1) is 7.11 Å². The van der Waals surface area contributed by atoms with Gasteiger partial charge in [-0.3, -0.25) is 9.59 Å². The predicted octanol–water partition coefficient (Wildman–Crippen LogP) is 3.71. The summed E-state index contributed by atoms with van der Waals surface area (Å²) >= 11 is 1.10. The van der Waals surface area contributed by atoms with Crippen LogP contribution in [0.1, 0.15) is 81.1 Å². The Kier molecular flexibility index (Phi) is 7.62. The number of methoxy groups -OCH3 is 1. The highest BCUT2D eigenvalue weighted by Crippen LogP contribution is 2.33. The van der Waals surface area contributed by atoms with E-state index in [0.29, 0.717) is 18.8 Å². The van der Waals surface area contributed by atoms with E-state index >= 15 is 0 Å². The van der Waals surface area contributed by atoms with E-state index in [1.807, 2.05) is 0 Å². The Hall–Kier alpha value is -2.49. The fraction of sp³-hybridized carbons (Fsp3) is 0.696. The van der Waals surface area contributed by atoms with Crippen molar-refractivity contribution in [1.29, 1.82) is 0 Å². The first kappa shape index (κ1) is 23.7. The summed E-state index contributed by atoms with van der Waals surface area (Å²) in [5.74, 6) is -0.620. The van der Waals surface area contributed by atoms with Crippen LogP contribution in [-0.4, -0.2) is 52.9 Å². The van der Waals surface area contributed by atoms with Crippen molar-refractivity contribution in [2.24, 2.45) is 11.8 Å². The van der Waals surface area contributed by atoms with Gasteiger partial charge >= 0.3 is 12.0 Å². The maximum atomic E-state index is 13.3. The van der Waals surface area contributed by atoms with Gasteiger partial charge in [-0.05, 0) is 24.7 Å². The molecule has 4 rings (SSSR count). The average molecular weight is 477 g/mol. The molecule has 2 saturated carbocycles. The fourth-order valence-electron chi connectivity index (χ4n) is 5.37. The van der Waals surface area contributed by atoms with Gasteiger partial charge in [-0.1, -0.05) is 57.8 Å². The van der Waals surface area contributed by atoms with E-state index in [4.69, 9.17) is 0 Å². The van der Waals surface area contributed by atoms with Crippen LogP contribution in [0, 0.1) is 11.8 Å². The van der Waals surface area contributed by atoms with Crippen molar-refractivity contribution in [2.75, 3.05) is 12.4 Å². The number of hydrogen-bond donors (Lipinski definition) is 2. The normalized spacial score (nSPS) is 22.9. The molecule has 180 valence electrons. The van der Waals surface area contributed by atoms with E-state index in [1.54, 1.807) is 0 Å². The number of anilines is 1. The van der Waals surface area contributed by atoms with Gasteiger partial charge in [0.2, 0.25) is 5.91 Å². The third-order valence-electron chi connectivity index (χ3n) is 7.12. The molecule has 1 aliphatic heterocycles. The Morgan fingerprint density at radius 2 is 1.82 bits per heavy atom. The number of nitrogens with zero attached hydrogens (tertiary/aromatic N) is 2. The fourth-order valence-corrected chi connectivity index (χ4v) is 6.05. The zero-order chi connectivity index (χ0) is 23.4. The zero-order valence-electron chi connectivity index (χ0n) is 19.0. The second-order valence-corrected chi connectivity index (χ2v) is 10.2. The number of nitrogens with one attached hydrogen (secondary N) is 2. The highest BCUT2D eigenvalue weighted by molar-refractivity contribution is 7.14. The number of rotatable bonds is 8. The van der Waals surface area contributed by atoms with Crippen LogP contribution in [0.5, 0.6) is 0 Å². The Morgan fingerprint density at radius 3 is 2.52 bits per heavy atom. The molecular formula is C23H32N4O5S. The lowest BCUT2D eigenvalue weighted by molar-refractivity contribution is -0.134. The van der Waals surface area contributed by atoms with Crippen molar-refractivity contribution in [3.05, 3.63) is 11.1 Å². The Labute approximate surface area is 197 Å². The van der Waals surface area contributed by atoms with Gasteiger partial charge in [0.1, 0.15) is 12.1 Å². The van der Waals surface area contributed by atoms with Crippen molar-refractivity contribution >= 4 is 40.3 Å². The topological polar surface area (TPSA) is 118 Å². The van der Waals surface area contributed by atoms with Gasteiger partial charge in [0.25, 0.3) is 5.91 Å². The molecule has 0 spiro atoms. The lowest BCUT2D eigenvalue weighted by Gasteiger charge is -2.30. The maximum absolute atomic E-state index is 13.3. The molecule has 0 aromatic carbocycles. The number of esters is 1. The number of aromatic nitrogens is 1. The summed E-state index contributed by atoms with van der Waals surface area (Å²) in [7, 11) is 1.26. The van der Waals surface area contributed by atoms with E-state index in [0.717, 1.165) is 67.6 Å². The Morgan fingerprint density at radius 1 is 1.15 bits per heavy atom. The van der Waals surface area contributed by atoms with Crippen LogP contribution in [0.3, 0.4) is 0 Å². The molecule has 3 fully saturated rings. The second-order valence-electron chi connectivity index (χ2n) is 9.37. The van der Waals surface area contributed by atoms with E-state index in [1.165, 1.54) is 18.9 Å². The highest BCUT2D eigenvalue weighted by Gasteiger charge is 2.46. The van der Waals surface area contributed by atoms with E-state index in [9.17, 15) is 19.2 Å². The summed E-state index contributed by atoms with van der Waals surface area (Å²) in [5, 5.41) is 7.29. The van der Waals surface area contributed by atoms with Gasteiger partial charge in [0.15, 0.2) is 10.8 Å². The molecule has 3 aliphatic rings. The zero-order valence-corrected chi connectivity index (χ0v) is 19.8. The minimum absolute atomic E-state index is 0.105. The molecule has 0 bridgehead atoms. The summed E-state index contributed by atoms with van der Waals surface area (Å²) in [6.07, 6.45) is 10.9. The molecule has 1 aromatic heterocycles. The molecule has 2 unspecified atom stereocenters. The van der Waals surface area contributed by atoms with Crippen LogP contribution in [-0.2, 0) is 14.3 Å². The first-order valence-electron chi connectivity index (χ1n) is 11.9. The van der Waals surface area contributed by atoms with Crippen LogP contribution >= 0.6 is 11.3 Å². The van der Waals surface area contributed by atoms with E-state index < -0.39 is 30.0 Å². The van der Waals surface area contributed by atoms with Crippen LogP contribution < -0.4 is 10.6 Å². The summed E-state index contributed by atoms with van der Waals surface area (Å²) < 4.78 is 4.66. The van der Waals surface area contributed by atoms with Crippen LogP contribution in [0.2, 0.25) is 0 Å². The minimum atomic E-state index is -0.903. The van der Waals surface area contributed by atoms with Gasteiger partial charge < -0.3 is 15.4 Å². The van der Waals surface area contributed by atoms with Crippen molar-refractivity contribution in [3.8, 4) is 0 Å². The number of carbonyl (C=O) groups excluding carboxylic acids is 4. The minimum Gasteiger partial charge on any atom is -0.464 e. The number of amides is 4. The summed E-state index contributed by atoms with van der Waals surface area (Å²) in [6.45, 7) is 0. The summed E-state index contributed by atoms with van der Waals surface area (Å²) in [5.41, 5.74) is 0.105. The molecule has 1 saturated heterocycles. The number of imide groups is 1. The quantitative estimate of drug-likeness (QED) is 0.436. The van der Waals surface area contributed by atoms with Crippen LogP contribution in [0.4, 0.5) is 9.93 Å². The lowest BCUT2D eigenvalue weighted by atomic mass is 9.84. The molecule has 4 amide bonds. The SMILES string of the molecule is COC(=O)c1csc(NC(=O)C(CC2CCCCC2)N2C(=O)NC(CC3CCCC3)C2=O)n1. The first-order valence-corrected chi connectivity index (χ1v) is 12.8. The first-order chi connectivity index (χ1) is 16.0. The molecule has 1 aromatic rings. The molecule has 2 aliphatic carbocycles. The standard InChI is InChI=1S/C23H32N4O5S/c1-32-21(30)17-13-33-22(24-17)26-19(28)18(12-15-7-3-2-4-8-15)27-20(29)16(25-23(27)31)11-14-9-5-6-10-14/h13-16,18H,2-12H2,1H3,(H,25,31)(H,24,26,28). The average Bonchev–Trinajstić information content (AvgIpc) is 3.55. The number of ether oxygens (including phenoxy) is 1.